The van der Waals surface area contributed by atoms with Crippen LogP contribution in [0, 0.1) is 5.82 Å². The van der Waals surface area contributed by atoms with E-state index in [-0.39, 0.29) is 6.42 Å². The molecule has 1 saturated heterocycles. The van der Waals surface area contributed by atoms with Gasteiger partial charge < -0.3 is 9.84 Å². The molecule has 0 aliphatic carbocycles. The van der Waals surface area contributed by atoms with Crippen LogP contribution < -0.4 is 11.2 Å². The van der Waals surface area contributed by atoms with E-state index in [1.165, 1.54) is 13.3 Å². The van der Waals surface area contributed by atoms with Gasteiger partial charge in [-0.05, 0) is 6.92 Å². The van der Waals surface area contributed by atoms with Gasteiger partial charge >= 0.3 is 5.69 Å². The SMILES string of the molecule is CC1(CO)CC(F)C(n2cc(F)c(=O)[nH]c2=O)O1.CCl. The van der Waals surface area contributed by atoms with E-state index in [2.05, 4.69) is 11.6 Å². The standard InChI is InChI=1S/C10H12F2N2O4.CH3Cl/c1-10(4-15)2-5(11)8(18-10)14-3-6(12)7(16)13-9(14)17;1-2/h3,5,8,15H,2,4H2,1H3,(H,13,16,17);1H3. The molecular formula is C11H15ClF2N2O4. The van der Waals surface area contributed by atoms with Gasteiger partial charge in [-0.15, -0.1) is 11.6 Å². The van der Waals surface area contributed by atoms with Gasteiger partial charge in [-0.25, -0.2) is 9.18 Å². The molecule has 2 rings (SSSR count). The summed E-state index contributed by atoms with van der Waals surface area (Å²) in [6.07, 6.45) is -0.991. The van der Waals surface area contributed by atoms with E-state index in [4.69, 9.17) is 9.84 Å². The lowest BCUT2D eigenvalue weighted by Crippen LogP contribution is -2.36. The molecule has 0 saturated carbocycles. The summed E-state index contributed by atoms with van der Waals surface area (Å²) in [7, 11) is 0. The van der Waals surface area contributed by atoms with Crippen molar-refractivity contribution in [3.63, 3.8) is 0 Å². The maximum Gasteiger partial charge on any atom is 0.330 e. The molecule has 0 amide bonds. The van der Waals surface area contributed by atoms with Crippen LogP contribution in [-0.4, -0.2) is 39.4 Å². The van der Waals surface area contributed by atoms with Gasteiger partial charge in [0.1, 0.15) is 6.17 Å². The fraction of sp³-hybridized carbons (Fsp3) is 0.636. The number of hydrogen-bond acceptors (Lipinski definition) is 4. The van der Waals surface area contributed by atoms with Crippen molar-refractivity contribution in [3.8, 4) is 0 Å². The molecule has 0 bridgehead atoms. The number of aliphatic hydroxyl groups is 1. The Kier molecular flexibility index (Phi) is 5.43. The molecule has 1 aliphatic heterocycles. The van der Waals surface area contributed by atoms with Crippen LogP contribution in [0.4, 0.5) is 8.78 Å². The van der Waals surface area contributed by atoms with Gasteiger partial charge in [-0.3, -0.25) is 14.3 Å². The Morgan fingerprint density at radius 2 is 2.20 bits per heavy atom. The fourth-order valence-electron chi connectivity index (χ4n) is 1.91. The van der Waals surface area contributed by atoms with Gasteiger partial charge in [0.05, 0.1) is 18.4 Å². The first kappa shape index (κ1) is 16.8. The van der Waals surface area contributed by atoms with Gasteiger partial charge in [0.2, 0.25) is 5.82 Å². The number of hydrogen-bond donors (Lipinski definition) is 2. The minimum Gasteiger partial charge on any atom is -0.393 e. The molecule has 2 heterocycles. The van der Waals surface area contributed by atoms with Gasteiger partial charge in [0.25, 0.3) is 5.56 Å². The molecular weight excluding hydrogens is 298 g/mol. The Bertz CT molecular complexity index is 576. The lowest BCUT2D eigenvalue weighted by atomic mass is 10.0. The zero-order valence-corrected chi connectivity index (χ0v) is 11.7. The number of rotatable bonds is 2. The van der Waals surface area contributed by atoms with E-state index in [1.54, 1.807) is 4.98 Å². The molecule has 20 heavy (non-hydrogen) atoms. The molecule has 0 radical (unpaired) electrons. The highest BCUT2D eigenvalue weighted by atomic mass is 35.5. The van der Waals surface area contributed by atoms with Crippen LogP contribution in [0.25, 0.3) is 0 Å². The number of aromatic amines is 1. The Hall–Kier alpha value is -1.25. The second-order valence-corrected chi connectivity index (χ2v) is 4.48. The third-order valence-corrected chi connectivity index (χ3v) is 2.87. The summed E-state index contributed by atoms with van der Waals surface area (Å²) >= 11 is 4.64. The summed E-state index contributed by atoms with van der Waals surface area (Å²) in [5.41, 5.74) is -3.26. The van der Waals surface area contributed by atoms with Crippen LogP contribution >= 0.6 is 11.6 Å². The van der Waals surface area contributed by atoms with Crippen LogP contribution in [0.3, 0.4) is 0 Å². The van der Waals surface area contributed by atoms with Gasteiger partial charge in [0.15, 0.2) is 6.23 Å². The highest BCUT2D eigenvalue weighted by Crippen LogP contribution is 2.37. The number of alkyl halides is 2. The number of aromatic nitrogens is 2. The average Bonchev–Trinajstić information content (AvgIpc) is 2.72. The van der Waals surface area contributed by atoms with Crippen LogP contribution in [0.5, 0.6) is 0 Å². The molecule has 9 heteroatoms. The summed E-state index contributed by atoms with van der Waals surface area (Å²) in [6, 6.07) is 0. The van der Waals surface area contributed by atoms with Crippen molar-refractivity contribution in [2.75, 3.05) is 13.0 Å². The molecule has 3 unspecified atom stereocenters. The number of ether oxygens (including phenoxy) is 1. The maximum atomic E-state index is 13.8. The minimum atomic E-state index is -1.58. The summed E-state index contributed by atoms with van der Waals surface area (Å²) in [4.78, 5) is 24.0. The Morgan fingerprint density at radius 3 is 2.70 bits per heavy atom. The molecule has 0 aromatic carbocycles. The van der Waals surface area contributed by atoms with Crippen LogP contribution in [-0.2, 0) is 4.74 Å². The molecule has 2 N–H and O–H groups in total. The van der Waals surface area contributed by atoms with Crippen molar-refractivity contribution in [2.24, 2.45) is 0 Å². The topological polar surface area (TPSA) is 84.3 Å². The quantitative estimate of drug-likeness (QED) is 0.781. The van der Waals surface area contributed by atoms with Crippen LogP contribution in [0.2, 0.25) is 0 Å². The van der Waals surface area contributed by atoms with Crippen molar-refractivity contribution >= 4 is 11.6 Å². The monoisotopic (exact) mass is 312 g/mol. The highest BCUT2D eigenvalue weighted by Gasteiger charge is 2.44. The van der Waals surface area contributed by atoms with Crippen molar-refractivity contribution in [1.82, 2.24) is 9.55 Å². The molecule has 6 nitrogen and oxygen atoms in total. The summed E-state index contributed by atoms with van der Waals surface area (Å²) in [5, 5.41) is 9.06. The third kappa shape index (κ3) is 3.25. The van der Waals surface area contributed by atoms with E-state index in [9.17, 15) is 18.4 Å². The smallest absolute Gasteiger partial charge is 0.330 e. The summed E-state index contributed by atoms with van der Waals surface area (Å²) in [6.45, 7) is 1.05. The predicted molar refractivity (Wildman–Crippen MR) is 68.2 cm³/mol. The van der Waals surface area contributed by atoms with Crippen LogP contribution in [0.15, 0.2) is 15.8 Å². The van der Waals surface area contributed by atoms with E-state index in [0.717, 1.165) is 0 Å². The summed E-state index contributed by atoms with van der Waals surface area (Å²) < 4.78 is 32.7. The van der Waals surface area contributed by atoms with Crippen LogP contribution in [0.1, 0.15) is 19.6 Å². The second-order valence-electron chi connectivity index (χ2n) is 4.48. The van der Waals surface area contributed by atoms with Crippen molar-refractivity contribution in [3.05, 3.63) is 32.9 Å². The van der Waals surface area contributed by atoms with Gasteiger partial charge in [-0.1, -0.05) is 0 Å². The first-order chi connectivity index (χ1) is 9.36. The molecule has 1 aliphatic rings. The first-order valence-corrected chi connectivity index (χ1v) is 6.43. The zero-order chi connectivity index (χ0) is 15.5. The molecule has 1 aromatic rings. The fourth-order valence-corrected chi connectivity index (χ4v) is 1.91. The number of H-pyrrole nitrogens is 1. The molecule has 1 fully saturated rings. The van der Waals surface area contributed by atoms with E-state index in [1.807, 2.05) is 0 Å². The van der Waals surface area contributed by atoms with E-state index >= 15 is 0 Å². The van der Waals surface area contributed by atoms with Crippen molar-refractivity contribution in [1.29, 1.82) is 0 Å². The van der Waals surface area contributed by atoms with E-state index in [0.29, 0.717) is 10.8 Å². The van der Waals surface area contributed by atoms with Gasteiger partial charge in [0, 0.05) is 12.8 Å². The average molecular weight is 313 g/mol. The normalized spacial score (nSPS) is 28.9. The Morgan fingerprint density at radius 1 is 1.60 bits per heavy atom. The van der Waals surface area contributed by atoms with Gasteiger partial charge in [-0.2, -0.15) is 4.39 Å². The van der Waals surface area contributed by atoms with Crippen molar-refractivity contribution < 1.29 is 18.6 Å². The number of nitrogens with zero attached hydrogens (tertiary/aromatic N) is 1. The summed E-state index contributed by atoms with van der Waals surface area (Å²) in [5.74, 6) is -1.21. The first-order valence-electron chi connectivity index (χ1n) is 5.68. The van der Waals surface area contributed by atoms with Crippen molar-refractivity contribution in [2.45, 2.75) is 31.3 Å². The third-order valence-electron chi connectivity index (χ3n) is 2.87. The Balaban J connectivity index is 0.000000956. The zero-order valence-electron chi connectivity index (χ0n) is 10.9. The largest absolute Gasteiger partial charge is 0.393 e. The Labute approximate surface area is 118 Å². The maximum absolute atomic E-state index is 13.8. The van der Waals surface area contributed by atoms with E-state index < -0.39 is 41.7 Å². The predicted octanol–water partition coefficient (Wildman–Crippen LogP) is 0.539. The number of halogens is 3. The number of nitrogens with one attached hydrogen (secondary N) is 1. The second kappa shape index (κ2) is 6.47. The minimum absolute atomic E-state index is 0.124. The molecule has 0 spiro atoms. The molecule has 114 valence electrons. The molecule has 1 aromatic heterocycles. The number of aliphatic hydroxyl groups excluding tert-OH is 1. The lowest BCUT2D eigenvalue weighted by Gasteiger charge is -2.21. The molecule has 3 atom stereocenters. The lowest BCUT2D eigenvalue weighted by molar-refractivity contribution is -0.0955. The highest BCUT2D eigenvalue weighted by molar-refractivity contribution is 6.15.